The second kappa shape index (κ2) is 5.53. The zero-order chi connectivity index (χ0) is 12.2. The van der Waals surface area contributed by atoms with Gasteiger partial charge in [0, 0.05) is 10.6 Å². The maximum Gasteiger partial charge on any atom is 0.127 e. The van der Waals surface area contributed by atoms with Gasteiger partial charge >= 0.3 is 0 Å². The molecule has 0 aliphatic carbocycles. The van der Waals surface area contributed by atoms with E-state index in [9.17, 15) is 0 Å². The molecule has 0 aliphatic rings. The predicted octanol–water partition coefficient (Wildman–Crippen LogP) is 1.18. The SMILES string of the molecule is COc1ccc(Cl)cc1C[NH2+]C(C)(C)CO. The quantitative estimate of drug-likeness (QED) is 0.817. The first kappa shape index (κ1) is 13.3. The highest BCUT2D eigenvalue weighted by molar-refractivity contribution is 6.30. The first-order valence-electron chi connectivity index (χ1n) is 5.26. The zero-order valence-electron chi connectivity index (χ0n) is 9.96. The molecule has 0 heterocycles. The molecule has 3 N–H and O–H groups in total. The Bertz CT molecular complexity index is 353. The Morgan fingerprint density at radius 1 is 1.44 bits per heavy atom. The minimum absolute atomic E-state index is 0.135. The van der Waals surface area contributed by atoms with Crippen molar-refractivity contribution in [2.24, 2.45) is 0 Å². The minimum atomic E-state index is -0.187. The van der Waals surface area contributed by atoms with E-state index in [4.69, 9.17) is 21.4 Å². The van der Waals surface area contributed by atoms with E-state index in [0.717, 1.165) is 17.9 Å². The summed E-state index contributed by atoms with van der Waals surface area (Å²) in [4.78, 5) is 0. The Kier molecular flexibility index (Phi) is 4.59. The average Bonchev–Trinajstić information content (AvgIpc) is 2.27. The van der Waals surface area contributed by atoms with Crippen molar-refractivity contribution in [1.82, 2.24) is 0 Å². The summed E-state index contributed by atoms with van der Waals surface area (Å²) in [5.41, 5.74) is 0.851. The van der Waals surface area contributed by atoms with Crippen LogP contribution in [0.5, 0.6) is 5.75 Å². The van der Waals surface area contributed by atoms with E-state index in [1.165, 1.54) is 0 Å². The van der Waals surface area contributed by atoms with Crippen LogP contribution in [0.2, 0.25) is 5.02 Å². The summed E-state index contributed by atoms with van der Waals surface area (Å²) in [5, 5.41) is 11.9. The molecule has 1 aromatic rings. The molecule has 0 saturated carbocycles. The van der Waals surface area contributed by atoms with Gasteiger partial charge in [0.1, 0.15) is 17.8 Å². The minimum Gasteiger partial charge on any atom is -0.496 e. The molecule has 90 valence electrons. The molecule has 0 aliphatic heterocycles. The number of halogens is 1. The van der Waals surface area contributed by atoms with Crippen LogP contribution in [-0.2, 0) is 6.54 Å². The topological polar surface area (TPSA) is 46.1 Å². The van der Waals surface area contributed by atoms with Crippen molar-refractivity contribution in [2.45, 2.75) is 25.9 Å². The smallest absolute Gasteiger partial charge is 0.127 e. The van der Waals surface area contributed by atoms with Crippen LogP contribution >= 0.6 is 11.6 Å². The Balaban J connectivity index is 2.76. The average molecular weight is 245 g/mol. The molecule has 0 bridgehead atoms. The highest BCUT2D eigenvalue weighted by atomic mass is 35.5. The summed E-state index contributed by atoms with van der Waals surface area (Å²) in [7, 11) is 1.64. The molecule has 0 unspecified atom stereocenters. The second-order valence-electron chi connectivity index (χ2n) is 4.51. The molecular formula is C12H19ClNO2+. The normalized spacial score (nSPS) is 11.6. The Labute approximate surface area is 101 Å². The molecule has 0 saturated heterocycles. The Morgan fingerprint density at radius 2 is 2.12 bits per heavy atom. The summed E-state index contributed by atoms with van der Waals surface area (Å²) in [6, 6.07) is 5.56. The Morgan fingerprint density at radius 3 is 2.69 bits per heavy atom. The molecule has 1 rings (SSSR count). The Hall–Kier alpha value is -0.770. The number of aliphatic hydroxyl groups excluding tert-OH is 1. The third-order valence-electron chi connectivity index (χ3n) is 2.52. The van der Waals surface area contributed by atoms with Crippen molar-refractivity contribution < 1.29 is 15.2 Å². The van der Waals surface area contributed by atoms with Gasteiger partial charge in [0.25, 0.3) is 0 Å². The van der Waals surface area contributed by atoms with Crippen LogP contribution in [0, 0.1) is 0 Å². The van der Waals surface area contributed by atoms with Crippen molar-refractivity contribution in [3.8, 4) is 5.75 Å². The van der Waals surface area contributed by atoms with Gasteiger partial charge in [0.2, 0.25) is 0 Å². The van der Waals surface area contributed by atoms with E-state index in [0.29, 0.717) is 5.02 Å². The van der Waals surface area contributed by atoms with Gasteiger partial charge < -0.3 is 15.2 Å². The van der Waals surface area contributed by atoms with Crippen LogP contribution in [0.4, 0.5) is 0 Å². The van der Waals surface area contributed by atoms with Gasteiger partial charge in [-0.25, -0.2) is 0 Å². The number of aliphatic hydroxyl groups is 1. The lowest BCUT2D eigenvalue weighted by atomic mass is 10.1. The molecule has 0 spiro atoms. The highest BCUT2D eigenvalue weighted by Crippen LogP contribution is 2.21. The molecule has 4 heteroatoms. The lowest BCUT2D eigenvalue weighted by Gasteiger charge is -2.20. The number of hydrogen-bond acceptors (Lipinski definition) is 2. The van der Waals surface area contributed by atoms with Gasteiger partial charge in [0.05, 0.1) is 13.7 Å². The zero-order valence-corrected chi connectivity index (χ0v) is 10.7. The van der Waals surface area contributed by atoms with Gasteiger partial charge in [-0.2, -0.15) is 0 Å². The number of rotatable bonds is 5. The van der Waals surface area contributed by atoms with Gasteiger partial charge in [0.15, 0.2) is 0 Å². The van der Waals surface area contributed by atoms with E-state index < -0.39 is 0 Å². The van der Waals surface area contributed by atoms with Crippen molar-refractivity contribution in [2.75, 3.05) is 13.7 Å². The van der Waals surface area contributed by atoms with Gasteiger partial charge in [-0.1, -0.05) is 11.6 Å². The summed E-state index contributed by atoms with van der Waals surface area (Å²) in [6.07, 6.45) is 0. The molecular weight excluding hydrogens is 226 g/mol. The van der Waals surface area contributed by atoms with E-state index in [2.05, 4.69) is 5.32 Å². The highest BCUT2D eigenvalue weighted by Gasteiger charge is 2.20. The predicted molar refractivity (Wildman–Crippen MR) is 64.8 cm³/mol. The molecule has 0 aromatic heterocycles. The fourth-order valence-corrected chi connectivity index (χ4v) is 1.55. The molecule has 0 radical (unpaired) electrons. The van der Waals surface area contributed by atoms with Crippen molar-refractivity contribution in [1.29, 1.82) is 0 Å². The largest absolute Gasteiger partial charge is 0.496 e. The summed E-state index contributed by atoms with van der Waals surface area (Å²) >= 11 is 5.94. The first-order valence-corrected chi connectivity index (χ1v) is 5.64. The molecule has 0 fully saturated rings. The van der Waals surface area contributed by atoms with Crippen molar-refractivity contribution >= 4 is 11.6 Å². The van der Waals surface area contributed by atoms with Gasteiger partial charge in [-0.05, 0) is 32.0 Å². The van der Waals surface area contributed by atoms with E-state index in [-0.39, 0.29) is 12.1 Å². The maximum atomic E-state index is 9.16. The molecule has 0 amide bonds. The number of hydrogen-bond donors (Lipinski definition) is 2. The standard InChI is InChI=1S/C12H18ClNO2/c1-12(2,8-15)14-7-9-6-10(13)4-5-11(9)16-3/h4-6,14-15H,7-8H2,1-3H3/p+1. The second-order valence-corrected chi connectivity index (χ2v) is 4.95. The van der Waals surface area contributed by atoms with Crippen LogP contribution in [0.1, 0.15) is 19.4 Å². The van der Waals surface area contributed by atoms with E-state index in [1.807, 2.05) is 26.0 Å². The monoisotopic (exact) mass is 244 g/mol. The van der Waals surface area contributed by atoms with Gasteiger partial charge in [-0.3, -0.25) is 0 Å². The number of benzene rings is 1. The van der Waals surface area contributed by atoms with Crippen LogP contribution in [0.15, 0.2) is 18.2 Å². The molecule has 16 heavy (non-hydrogen) atoms. The maximum absolute atomic E-state index is 9.16. The van der Waals surface area contributed by atoms with Crippen LogP contribution in [0.25, 0.3) is 0 Å². The number of quaternary nitrogens is 1. The lowest BCUT2D eigenvalue weighted by Crippen LogP contribution is -2.95. The number of nitrogens with two attached hydrogens (primary N) is 1. The van der Waals surface area contributed by atoms with E-state index >= 15 is 0 Å². The summed E-state index contributed by atoms with van der Waals surface area (Å²) in [5.74, 6) is 0.828. The lowest BCUT2D eigenvalue weighted by molar-refractivity contribution is -0.736. The van der Waals surface area contributed by atoms with Crippen molar-refractivity contribution in [3.63, 3.8) is 0 Å². The van der Waals surface area contributed by atoms with Crippen molar-refractivity contribution in [3.05, 3.63) is 28.8 Å². The molecule has 3 nitrogen and oxygen atoms in total. The fraction of sp³-hybridized carbons (Fsp3) is 0.500. The van der Waals surface area contributed by atoms with Crippen LogP contribution in [-0.4, -0.2) is 24.4 Å². The number of methoxy groups -OCH3 is 1. The third-order valence-corrected chi connectivity index (χ3v) is 2.76. The molecule has 0 atom stereocenters. The summed E-state index contributed by atoms with van der Waals surface area (Å²) < 4.78 is 5.26. The van der Waals surface area contributed by atoms with Crippen LogP contribution < -0.4 is 10.1 Å². The summed E-state index contributed by atoms with van der Waals surface area (Å²) in [6.45, 7) is 4.85. The van der Waals surface area contributed by atoms with E-state index in [1.54, 1.807) is 13.2 Å². The number of ether oxygens (including phenoxy) is 1. The fourth-order valence-electron chi connectivity index (χ4n) is 1.36. The third kappa shape index (κ3) is 3.67. The van der Waals surface area contributed by atoms with Crippen LogP contribution in [0.3, 0.4) is 0 Å². The van der Waals surface area contributed by atoms with Gasteiger partial charge in [-0.15, -0.1) is 0 Å². The molecule has 1 aromatic carbocycles. The first-order chi connectivity index (χ1) is 7.48.